The second kappa shape index (κ2) is 9.89. The van der Waals surface area contributed by atoms with Crippen molar-refractivity contribution in [2.24, 2.45) is 4.99 Å². The van der Waals surface area contributed by atoms with Crippen LogP contribution in [0.2, 0.25) is 4.34 Å². The van der Waals surface area contributed by atoms with Crippen molar-refractivity contribution in [1.82, 2.24) is 10.2 Å². The van der Waals surface area contributed by atoms with Gasteiger partial charge in [-0.15, -0.1) is 11.3 Å². The van der Waals surface area contributed by atoms with Crippen LogP contribution in [0.1, 0.15) is 42.4 Å². The van der Waals surface area contributed by atoms with Gasteiger partial charge in [-0.2, -0.15) is 0 Å². The van der Waals surface area contributed by atoms with Crippen LogP contribution in [0.3, 0.4) is 0 Å². The molecule has 0 fully saturated rings. The van der Waals surface area contributed by atoms with Crippen LogP contribution in [0.4, 0.5) is 5.69 Å². The van der Waals surface area contributed by atoms with Crippen LogP contribution in [0.15, 0.2) is 59.6 Å². The number of amides is 3. The predicted molar refractivity (Wildman–Crippen MR) is 135 cm³/mol. The third kappa shape index (κ3) is 4.91. The number of benzene rings is 2. The smallest absolute Gasteiger partial charge is 0.265 e. The molecule has 0 atom stereocenters. The van der Waals surface area contributed by atoms with E-state index in [1.54, 1.807) is 36.4 Å². The van der Waals surface area contributed by atoms with Crippen molar-refractivity contribution in [2.75, 3.05) is 25.0 Å². The highest BCUT2D eigenvalue weighted by molar-refractivity contribution is 7.18. The summed E-state index contributed by atoms with van der Waals surface area (Å²) in [5.74, 6) is 0.165. The SMILES string of the molecule is O=C(Nc1cccc2c1C(=O)N(Cc1cccc(OCC3=NCCCN3)c1)C2=O)c1ccc(Cl)s1. The maximum absolute atomic E-state index is 13.3. The maximum Gasteiger partial charge on any atom is 0.265 e. The molecule has 0 radical (unpaired) electrons. The molecule has 0 saturated carbocycles. The molecule has 1 aromatic heterocycles. The van der Waals surface area contributed by atoms with Crippen LogP contribution < -0.4 is 15.4 Å². The standard InChI is InChI=1S/C25H21ClN4O4S/c26-20-9-8-19(35-20)23(31)29-18-7-2-6-17-22(18)25(33)30(24(17)32)13-15-4-1-5-16(12-15)34-14-21-27-10-3-11-28-21/h1-2,4-9,12H,3,10-11,13-14H2,(H,27,28)(H,29,31). The van der Waals surface area contributed by atoms with E-state index in [1.165, 1.54) is 4.90 Å². The summed E-state index contributed by atoms with van der Waals surface area (Å²) < 4.78 is 6.32. The summed E-state index contributed by atoms with van der Waals surface area (Å²) in [5.41, 5.74) is 1.47. The molecule has 10 heteroatoms. The quantitative estimate of drug-likeness (QED) is 0.465. The van der Waals surface area contributed by atoms with Gasteiger partial charge in [-0.3, -0.25) is 24.3 Å². The zero-order chi connectivity index (χ0) is 24.4. The molecular weight excluding hydrogens is 488 g/mol. The molecule has 0 aliphatic carbocycles. The Labute approximate surface area is 210 Å². The summed E-state index contributed by atoms with van der Waals surface area (Å²) in [7, 11) is 0. The van der Waals surface area contributed by atoms with Crippen molar-refractivity contribution in [2.45, 2.75) is 13.0 Å². The monoisotopic (exact) mass is 508 g/mol. The minimum absolute atomic E-state index is 0.0800. The lowest BCUT2D eigenvalue weighted by molar-refractivity contribution is 0.0642. The Morgan fingerprint density at radius 2 is 2.00 bits per heavy atom. The number of imide groups is 1. The number of ether oxygens (including phenoxy) is 1. The van der Waals surface area contributed by atoms with E-state index in [0.717, 1.165) is 42.2 Å². The Balaban J connectivity index is 1.31. The summed E-state index contributed by atoms with van der Waals surface area (Å²) in [6, 6.07) is 15.3. The predicted octanol–water partition coefficient (Wildman–Crippen LogP) is 4.22. The Bertz CT molecular complexity index is 1350. The number of halogens is 1. The lowest BCUT2D eigenvalue weighted by Crippen LogP contribution is -2.33. The number of rotatable bonds is 7. The van der Waals surface area contributed by atoms with Crippen molar-refractivity contribution in [3.63, 3.8) is 0 Å². The van der Waals surface area contributed by atoms with Gasteiger partial charge in [-0.05, 0) is 48.4 Å². The van der Waals surface area contributed by atoms with Crippen LogP contribution in [-0.2, 0) is 6.54 Å². The summed E-state index contributed by atoms with van der Waals surface area (Å²) in [4.78, 5) is 44.9. The molecule has 2 N–H and O–H groups in total. The van der Waals surface area contributed by atoms with Crippen LogP contribution >= 0.6 is 22.9 Å². The number of carbonyl (C=O) groups excluding carboxylic acids is 3. The van der Waals surface area contributed by atoms with Crippen molar-refractivity contribution in [1.29, 1.82) is 0 Å². The van der Waals surface area contributed by atoms with E-state index in [0.29, 0.717) is 21.6 Å². The molecule has 2 aliphatic rings. The molecule has 3 heterocycles. The van der Waals surface area contributed by atoms with Gasteiger partial charge in [0.2, 0.25) is 0 Å². The Hall–Kier alpha value is -3.69. The third-order valence-corrected chi connectivity index (χ3v) is 6.86. The molecular formula is C25H21ClN4O4S. The van der Waals surface area contributed by atoms with Gasteiger partial charge in [0, 0.05) is 13.1 Å². The van der Waals surface area contributed by atoms with Gasteiger partial charge >= 0.3 is 0 Å². The molecule has 5 rings (SSSR count). The average molecular weight is 509 g/mol. The molecule has 2 aliphatic heterocycles. The second-order valence-corrected chi connectivity index (χ2v) is 9.74. The number of thiophene rings is 1. The molecule has 0 spiro atoms. The van der Waals surface area contributed by atoms with E-state index in [-0.39, 0.29) is 23.4 Å². The van der Waals surface area contributed by atoms with Gasteiger partial charge in [-0.25, -0.2) is 0 Å². The number of amidine groups is 1. The summed E-state index contributed by atoms with van der Waals surface area (Å²) in [6.45, 7) is 2.08. The molecule has 0 unspecified atom stereocenters. The number of aliphatic imine (C=N–C) groups is 1. The first-order valence-corrected chi connectivity index (χ1v) is 12.2. The number of carbonyl (C=O) groups is 3. The van der Waals surface area contributed by atoms with Crippen molar-refractivity contribution in [3.05, 3.63) is 80.5 Å². The van der Waals surface area contributed by atoms with E-state index in [1.807, 2.05) is 18.2 Å². The Morgan fingerprint density at radius 1 is 1.14 bits per heavy atom. The molecule has 0 bridgehead atoms. The minimum atomic E-state index is -0.461. The molecule has 178 valence electrons. The highest BCUT2D eigenvalue weighted by Crippen LogP contribution is 2.32. The van der Waals surface area contributed by atoms with Crippen LogP contribution in [0.25, 0.3) is 0 Å². The zero-order valence-corrected chi connectivity index (χ0v) is 20.1. The Kier molecular flexibility index (Phi) is 6.52. The topological polar surface area (TPSA) is 100 Å². The van der Waals surface area contributed by atoms with Gasteiger partial charge in [0.1, 0.15) is 18.2 Å². The van der Waals surface area contributed by atoms with Gasteiger partial charge in [-0.1, -0.05) is 29.8 Å². The van der Waals surface area contributed by atoms with Crippen LogP contribution in [0, 0.1) is 0 Å². The van der Waals surface area contributed by atoms with E-state index in [2.05, 4.69) is 15.6 Å². The fourth-order valence-corrected chi connectivity index (χ4v) is 4.89. The fraction of sp³-hybridized carbons (Fsp3) is 0.200. The van der Waals surface area contributed by atoms with Crippen molar-refractivity contribution >= 4 is 52.2 Å². The number of anilines is 1. The zero-order valence-electron chi connectivity index (χ0n) is 18.5. The highest BCUT2D eigenvalue weighted by Gasteiger charge is 2.37. The average Bonchev–Trinajstić information content (AvgIpc) is 3.41. The first-order chi connectivity index (χ1) is 17.0. The van der Waals surface area contributed by atoms with Gasteiger partial charge < -0.3 is 15.4 Å². The summed E-state index contributed by atoms with van der Waals surface area (Å²) in [6.07, 6.45) is 1.01. The molecule has 0 saturated heterocycles. The second-order valence-electron chi connectivity index (χ2n) is 8.03. The van der Waals surface area contributed by atoms with Crippen LogP contribution in [0.5, 0.6) is 5.75 Å². The molecule has 8 nitrogen and oxygen atoms in total. The van der Waals surface area contributed by atoms with Crippen LogP contribution in [-0.4, -0.2) is 48.2 Å². The molecule has 3 amide bonds. The van der Waals surface area contributed by atoms with Gasteiger partial charge in [0.05, 0.1) is 32.6 Å². The number of nitrogens with zero attached hydrogens (tertiary/aromatic N) is 2. The van der Waals surface area contributed by atoms with E-state index in [4.69, 9.17) is 16.3 Å². The van der Waals surface area contributed by atoms with Crippen molar-refractivity contribution in [3.8, 4) is 5.75 Å². The lowest BCUT2D eigenvalue weighted by atomic mass is 10.1. The number of hydrogen-bond acceptors (Lipinski definition) is 7. The largest absolute Gasteiger partial charge is 0.486 e. The minimum Gasteiger partial charge on any atom is -0.486 e. The lowest BCUT2D eigenvalue weighted by Gasteiger charge is -2.17. The molecule has 2 aromatic carbocycles. The first kappa shape index (κ1) is 23.1. The highest BCUT2D eigenvalue weighted by atomic mass is 35.5. The first-order valence-electron chi connectivity index (χ1n) is 11.0. The van der Waals surface area contributed by atoms with E-state index in [9.17, 15) is 14.4 Å². The van der Waals surface area contributed by atoms with Gasteiger partial charge in [0.25, 0.3) is 17.7 Å². The molecule has 3 aromatic rings. The van der Waals surface area contributed by atoms with Crippen molar-refractivity contribution < 1.29 is 19.1 Å². The molecule has 35 heavy (non-hydrogen) atoms. The summed E-state index contributed by atoms with van der Waals surface area (Å²) >= 11 is 7.06. The Morgan fingerprint density at radius 3 is 2.77 bits per heavy atom. The number of fused-ring (bicyclic) bond motifs is 1. The normalized spacial score (nSPS) is 14.9. The summed E-state index contributed by atoms with van der Waals surface area (Å²) in [5, 5.41) is 5.95. The number of hydrogen-bond donors (Lipinski definition) is 2. The third-order valence-electron chi connectivity index (χ3n) is 5.63. The maximum atomic E-state index is 13.3. The van der Waals surface area contributed by atoms with E-state index < -0.39 is 17.7 Å². The van der Waals surface area contributed by atoms with E-state index >= 15 is 0 Å². The fourth-order valence-electron chi connectivity index (χ4n) is 3.95. The van der Waals surface area contributed by atoms with Gasteiger partial charge in [0.15, 0.2) is 0 Å². The number of nitrogens with one attached hydrogen (secondary N) is 2.